The third kappa shape index (κ3) is 4.06. The quantitative estimate of drug-likeness (QED) is 0.863. The molecule has 7 heteroatoms. The number of nitrogens with zero attached hydrogens (tertiary/aromatic N) is 2. The first-order chi connectivity index (χ1) is 9.70. The lowest BCUT2D eigenvalue weighted by Gasteiger charge is -2.26. The number of carbonyl (C=O) groups excluding carboxylic acids is 1. The van der Waals surface area contributed by atoms with Gasteiger partial charge < -0.3 is 10.1 Å². The molecule has 0 aliphatic carbocycles. The molecule has 20 heavy (non-hydrogen) atoms. The van der Waals surface area contributed by atoms with Crippen molar-refractivity contribution in [2.75, 3.05) is 38.2 Å². The van der Waals surface area contributed by atoms with Gasteiger partial charge in [-0.05, 0) is 18.6 Å². The van der Waals surface area contributed by atoms with Gasteiger partial charge in [0.2, 0.25) is 0 Å². The SMILES string of the molecule is CCCNc1ccc(Cl)c(C(=O)NN2CCOCC2)n1. The predicted molar refractivity (Wildman–Crippen MR) is 77.9 cm³/mol. The molecule has 0 radical (unpaired) electrons. The number of hydrogen-bond donors (Lipinski definition) is 2. The summed E-state index contributed by atoms with van der Waals surface area (Å²) >= 11 is 6.05. The molecule has 0 atom stereocenters. The van der Waals surface area contributed by atoms with Crippen LogP contribution in [-0.4, -0.2) is 48.7 Å². The minimum atomic E-state index is -0.294. The van der Waals surface area contributed by atoms with E-state index in [0.29, 0.717) is 37.1 Å². The monoisotopic (exact) mass is 298 g/mol. The molecule has 0 aromatic carbocycles. The lowest BCUT2D eigenvalue weighted by Crippen LogP contribution is -2.48. The minimum Gasteiger partial charge on any atom is -0.379 e. The maximum atomic E-state index is 12.2. The molecule has 1 fully saturated rings. The summed E-state index contributed by atoms with van der Waals surface area (Å²) in [6.45, 7) is 5.42. The van der Waals surface area contributed by atoms with Crippen LogP contribution < -0.4 is 10.7 Å². The number of carbonyl (C=O) groups is 1. The van der Waals surface area contributed by atoms with Crippen molar-refractivity contribution in [3.63, 3.8) is 0 Å². The highest BCUT2D eigenvalue weighted by Crippen LogP contribution is 2.17. The molecule has 1 saturated heterocycles. The molecule has 0 bridgehead atoms. The lowest BCUT2D eigenvalue weighted by molar-refractivity contribution is 0.0125. The Balaban J connectivity index is 2.03. The molecular formula is C13H19ClN4O2. The van der Waals surface area contributed by atoms with Gasteiger partial charge in [0.1, 0.15) is 5.82 Å². The van der Waals surface area contributed by atoms with Crippen LogP contribution in [0.3, 0.4) is 0 Å². The number of nitrogens with one attached hydrogen (secondary N) is 2. The van der Waals surface area contributed by atoms with E-state index in [0.717, 1.165) is 13.0 Å². The van der Waals surface area contributed by atoms with E-state index < -0.39 is 0 Å². The molecular weight excluding hydrogens is 280 g/mol. The summed E-state index contributed by atoms with van der Waals surface area (Å²) in [5, 5.41) is 5.30. The zero-order chi connectivity index (χ0) is 14.4. The van der Waals surface area contributed by atoms with E-state index in [4.69, 9.17) is 16.3 Å². The fourth-order valence-corrected chi connectivity index (χ4v) is 2.02. The first-order valence-electron chi connectivity index (χ1n) is 6.75. The first-order valence-corrected chi connectivity index (χ1v) is 7.12. The van der Waals surface area contributed by atoms with Gasteiger partial charge in [0.15, 0.2) is 5.69 Å². The molecule has 2 N–H and O–H groups in total. The van der Waals surface area contributed by atoms with Gasteiger partial charge in [-0.1, -0.05) is 18.5 Å². The Bertz CT molecular complexity index is 464. The van der Waals surface area contributed by atoms with E-state index in [1.54, 1.807) is 12.1 Å². The number of ether oxygens (including phenoxy) is 1. The number of morpholine rings is 1. The highest BCUT2D eigenvalue weighted by atomic mass is 35.5. The standard InChI is InChI=1S/C13H19ClN4O2/c1-2-5-15-11-4-3-10(14)12(16-11)13(19)17-18-6-8-20-9-7-18/h3-4H,2,5-9H2,1H3,(H,15,16)(H,17,19). The summed E-state index contributed by atoms with van der Waals surface area (Å²) in [5.74, 6) is 0.362. The van der Waals surface area contributed by atoms with Crippen LogP contribution in [0.25, 0.3) is 0 Å². The third-order valence-electron chi connectivity index (χ3n) is 2.89. The maximum absolute atomic E-state index is 12.2. The van der Waals surface area contributed by atoms with Crippen molar-refractivity contribution in [1.82, 2.24) is 15.4 Å². The summed E-state index contributed by atoms with van der Waals surface area (Å²) in [7, 11) is 0. The average molecular weight is 299 g/mol. The number of pyridine rings is 1. The number of amides is 1. The van der Waals surface area contributed by atoms with Gasteiger partial charge in [0.05, 0.1) is 18.2 Å². The van der Waals surface area contributed by atoms with E-state index in [9.17, 15) is 4.79 Å². The smallest absolute Gasteiger partial charge is 0.285 e. The van der Waals surface area contributed by atoms with Crippen LogP contribution in [0.4, 0.5) is 5.82 Å². The summed E-state index contributed by atoms with van der Waals surface area (Å²) in [6, 6.07) is 3.45. The second kappa shape index (κ2) is 7.42. The zero-order valence-electron chi connectivity index (χ0n) is 11.5. The number of hydrogen-bond acceptors (Lipinski definition) is 5. The van der Waals surface area contributed by atoms with Gasteiger partial charge in [-0.25, -0.2) is 9.99 Å². The molecule has 1 amide bonds. The molecule has 2 heterocycles. The number of aromatic nitrogens is 1. The van der Waals surface area contributed by atoms with Crippen molar-refractivity contribution >= 4 is 23.3 Å². The second-order valence-corrected chi connectivity index (χ2v) is 4.90. The Kier molecular flexibility index (Phi) is 5.58. The molecule has 1 aliphatic heterocycles. The van der Waals surface area contributed by atoms with Gasteiger partial charge in [-0.3, -0.25) is 10.2 Å². The fraction of sp³-hybridized carbons (Fsp3) is 0.538. The topological polar surface area (TPSA) is 66.5 Å². The highest BCUT2D eigenvalue weighted by Gasteiger charge is 2.18. The number of anilines is 1. The van der Waals surface area contributed by atoms with Crippen LogP contribution in [0.15, 0.2) is 12.1 Å². The van der Waals surface area contributed by atoms with Gasteiger partial charge in [-0.2, -0.15) is 0 Å². The Morgan fingerprint density at radius 3 is 2.90 bits per heavy atom. The Labute approximate surface area is 123 Å². The average Bonchev–Trinajstić information content (AvgIpc) is 2.47. The Morgan fingerprint density at radius 1 is 1.45 bits per heavy atom. The second-order valence-electron chi connectivity index (χ2n) is 4.49. The largest absolute Gasteiger partial charge is 0.379 e. The van der Waals surface area contributed by atoms with Crippen molar-refractivity contribution in [3.8, 4) is 0 Å². The van der Waals surface area contributed by atoms with Gasteiger partial charge in [0.25, 0.3) is 5.91 Å². The molecule has 110 valence electrons. The van der Waals surface area contributed by atoms with Crippen LogP contribution >= 0.6 is 11.6 Å². The van der Waals surface area contributed by atoms with Crippen LogP contribution in [0.2, 0.25) is 5.02 Å². The molecule has 1 aliphatic rings. The van der Waals surface area contributed by atoms with Crippen molar-refractivity contribution in [3.05, 3.63) is 22.8 Å². The van der Waals surface area contributed by atoms with E-state index in [-0.39, 0.29) is 11.6 Å². The maximum Gasteiger partial charge on any atom is 0.285 e. The van der Waals surface area contributed by atoms with E-state index in [1.165, 1.54) is 0 Å². The van der Waals surface area contributed by atoms with Crippen LogP contribution in [-0.2, 0) is 4.74 Å². The third-order valence-corrected chi connectivity index (χ3v) is 3.19. The molecule has 1 aromatic heterocycles. The van der Waals surface area contributed by atoms with Crippen LogP contribution in [0.5, 0.6) is 0 Å². The minimum absolute atomic E-state index is 0.235. The molecule has 0 saturated carbocycles. The Morgan fingerprint density at radius 2 is 2.20 bits per heavy atom. The Hall–Kier alpha value is -1.37. The molecule has 6 nitrogen and oxygen atoms in total. The summed E-state index contributed by atoms with van der Waals surface area (Å²) < 4.78 is 5.23. The van der Waals surface area contributed by atoms with E-state index in [2.05, 4.69) is 22.7 Å². The van der Waals surface area contributed by atoms with Crippen molar-refractivity contribution in [2.24, 2.45) is 0 Å². The normalized spacial score (nSPS) is 15.9. The van der Waals surface area contributed by atoms with E-state index >= 15 is 0 Å². The van der Waals surface area contributed by atoms with Crippen molar-refractivity contribution in [2.45, 2.75) is 13.3 Å². The van der Waals surface area contributed by atoms with Crippen LogP contribution in [0.1, 0.15) is 23.8 Å². The lowest BCUT2D eigenvalue weighted by atomic mass is 10.3. The molecule has 0 spiro atoms. The van der Waals surface area contributed by atoms with Gasteiger partial charge >= 0.3 is 0 Å². The first kappa shape index (κ1) is 15.0. The predicted octanol–water partition coefficient (Wildman–Crippen LogP) is 1.53. The molecule has 2 rings (SSSR count). The van der Waals surface area contributed by atoms with Crippen molar-refractivity contribution < 1.29 is 9.53 Å². The van der Waals surface area contributed by atoms with Crippen LogP contribution in [0, 0.1) is 0 Å². The fourth-order valence-electron chi connectivity index (χ4n) is 1.82. The van der Waals surface area contributed by atoms with E-state index in [1.807, 2.05) is 5.01 Å². The van der Waals surface area contributed by atoms with Gasteiger partial charge in [0, 0.05) is 19.6 Å². The summed E-state index contributed by atoms with van der Waals surface area (Å²) in [6.07, 6.45) is 0.986. The zero-order valence-corrected chi connectivity index (χ0v) is 12.2. The molecule has 0 unspecified atom stereocenters. The summed E-state index contributed by atoms with van der Waals surface area (Å²) in [5.41, 5.74) is 3.03. The van der Waals surface area contributed by atoms with Gasteiger partial charge in [-0.15, -0.1) is 0 Å². The van der Waals surface area contributed by atoms with Crippen molar-refractivity contribution in [1.29, 1.82) is 0 Å². The molecule has 1 aromatic rings. The number of rotatable bonds is 5. The highest BCUT2D eigenvalue weighted by molar-refractivity contribution is 6.33. The number of halogens is 1. The number of hydrazine groups is 1. The summed E-state index contributed by atoms with van der Waals surface area (Å²) in [4.78, 5) is 16.5.